The molecule has 4 nitrogen and oxygen atoms in total. The Bertz CT molecular complexity index is 862. The van der Waals surface area contributed by atoms with Crippen LogP contribution in [0.15, 0.2) is 47.8 Å². The second-order valence-electron chi connectivity index (χ2n) is 5.71. The van der Waals surface area contributed by atoms with Gasteiger partial charge in [0.05, 0.1) is 16.7 Å². The quantitative estimate of drug-likeness (QED) is 0.463. The van der Waals surface area contributed by atoms with Crippen LogP contribution >= 0.6 is 11.8 Å². The maximum absolute atomic E-state index is 13.3. The van der Waals surface area contributed by atoms with E-state index in [0.29, 0.717) is 16.6 Å². The van der Waals surface area contributed by atoms with E-state index in [1.54, 1.807) is 0 Å². The number of fused-ring (bicyclic) bond motifs is 1. The second-order valence-corrected chi connectivity index (χ2v) is 6.68. The molecule has 0 saturated carbocycles. The number of imidazole rings is 1. The van der Waals surface area contributed by atoms with Crippen LogP contribution in [0.5, 0.6) is 5.75 Å². The highest BCUT2D eigenvalue weighted by Gasteiger charge is 2.52. The van der Waals surface area contributed by atoms with E-state index in [9.17, 15) is 17.6 Å². The number of thioether (sulfide) groups is 1. The first-order chi connectivity index (χ1) is 12.2. The predicted molar refractivity (Wildman–Crippen MR) is 91.0 cm³/mol. The average molecular weight is 385 g/mol. The lowest BCUT2D eigenvalue weighted by Gasteiger charge is -2.23. The molecule has 0 fully saturated rings. The third kappa shape index (κ3) is 4.27. The maximum atomic E-state index is 13.3. The van der Waals surface area contributed by atoms with Gasteiger partial charge in [-0.15, -0.1) is 0 Å². The highest BCUT2D eigenvalue weighted by molar-refractivity contribution is 7.98. The lowest BCUT2D eigenvalue weighted by atomic mass is 10.2. The molecule has 0 saturated heterocycles. The van der Waals surface area contributed by atoms with Crippen LogP contribution in [0.3, 0.4) is 0 Å². The van der Waals surface area contributed by atoms with Gasteiger partial charge in [0.15, 0.2) is 11.8 Å². The van der Waals surface area contributed by atoms with Crippen molar-refractivity contribution >= 4 is 22.8 Å². The number of aromatic nitrogens is 3. The summed E-state index contributed by atoms with van der Waals surface area (Å²) in [6.45, 7) is -1.24. The summed E-state index contributed by atoms with van der Waals surface area (Å²) in [5, 5.41) is 0.691. The molecule has 2 heterocycles. The SMILES string of the molecule is CC(F)(F)C(F)(F)COc1ccnc(CSc2nc3ccccc3[nH]2)c1. The molecule has 1 aromatic carbocycles. The fourth-order valence-electron chi connectivity index (χ4n) is 2.07. The number of hydrogen-bond donors (Lipinski definition) is 1. The minimum absolute atomic E-state index is 0.0594. The van der Waals surface area contributed by atoms with Crippen molar-refractivity contribution in [3.8, 4) is 5.75 Å². The van der Waals surface area contributed by atoms with E-state index in [1.165, 1.54) is 30.1 Å². The van der Waals surface area contributed by atoms with Gasteiger partial charge in [-0.05, 0) is 18.2 Å². The Morgan fingerprint density at radius 2 is 1.92 bits per heavy atom. The first-order valence-corrected chi connectivity index (χ1v) is 8.64. The Labute approximate surface area is 151 Å². The van der Waals surface area contributed by atoms with Gasteiger partial charge in [0, 0.05) is 24.9 Å². The molecule has 3 rings (SSSR count). The molecule has 0 aliphatic carbocycles. The zero-order valence-electron chi connectivity index (χ0n) is 13.7. The summed E-state index contributed by atoms with van der Waals surface area (Å²) in [5.74, 6) is -7.93. The van der Waals surface area contributed by atoms with Gasteiger partial charge < -0.3 is 9.72 Å². The van der Waals surface area contributed by atoms with Gasteiger partial charge in [0.1, 0.15) is 5.75 Å². The van der Waals surface area contributed by atoms with Gasteiger partial charge >= 0.3 is 11.8 Å². The summed E-state index contributed by atoms with van der Waals surface area (Å²) in [7, 11) is 0. The zero-order chi connectivity index (χ0) is 18.8. The number of rotatable bonds is 7. The number of nitrogens with one attached hydrogen (secondary N) is 1. The molecule has 0 unspecified atom stereocenters. The largest absolute Gasteiger partial charge is 0.487 e. The molecule has 26 heavy (non-hydrogen) atoms. The fraction of sp³-hybridized carbons (Fsp3) is 0.294. The molecule has 0 amide bonds. The van der Waals surface area contributed by atoms with Crippen molar-refractivity contribution in [2.45, 2.75) is 29.7 Å². The highest BCUT2D eigenvalue weighted by Crippen LogP contribution is 2.34. The summed E-state index contributed by atoms with van der Waals surface area (Å²) in [4.78, 5) is 11.7. The lowest BCUT2D eigenvalue weighted by molar-refractivity contribution is -0.211. The molecular weight excluding hydrogens is 370 g/mol. The standard InChI is InChI=1S/C17H15F4N3OS/c1-16(18,19)17(20,21)10-25-12-6-7-22-11(8-12)9-26-15-23-13-4-2-3-5-14(13)24-15/h2-8H,9-10H2,1H3,(H,23,24). The Balaban J connectivity index is 1.62. The van der Waals surface area contributed by atoms with E-state index in [2.05, 4.69) is 15.0 Å². The van der Waals surface area contributed by atoms with E-state index in [1.807, 2.05) is 24.3 Å². The molecule has 138 valence electrons. The number of benzene rings is 1. The number of aromatic amines is 1. The third-order valence-electron chi connectivity index (χ3n) is 3.57. The minimum Gasteiger partial charge on any atom is -0.487 e. The predicted octanol–water partition coefficient (Wildman–Crippen LogP) is 4.92. The molecule has 1 N–H and O–H groups in total. The molecule has 0 bridgehead atoms. The van der Waals surface area contributed by atoms with Crippen molar-refractivity contribution in [3.05, 3.63) is 48.3 Å². The van der Waals surface area contributed by atoms with Gasteiger partial charge in [-0.25, -0.2) is 13.8 Å². The van der Waals surface area contributed by atoms with Crippen molar-refractivity contribution in [1.29, 1.82) is 0 Å². The Hall–Kier alpha value is -2.29. The third-order valence-corrected chi connectivity index (χ3v) is 4.48. The number of halogens is 4. The number of pyridine rings is 1. The highest BCUT2D eigenvalue weighted by atomic mass is 32.2. The lowest BCUT2D eigenvalue weighted by Crippen LogP contribution is -2.42. The average Bonchev–Trinajstić information content (AvgIpc) is 3.01. The molecule has 0 radical (unpaired) electrons. The first kappa shape index (κ1) is 18.5. The number of hydrogen-bond acceptors (Lipinski definition) is 4. The van der Waals surface area contributed by atoms with Crippen LogP contribution in [0.1, 0.15) is 12.6 Å². The number of alkyl halides is 4. The first-order valence-electron chi connectivity index (χ1n) is 7.65. The Kier molecular flexibility index (Phi) is 5.08. The van der Waals surface area contributed by atoms with Gasteiger partial charge in [-0.3, -0.25) is 4.98 Å². The summed E-state index contributed by atoms with van der Waals surface area (Å²) < 4.78 is 57.0. The van der Waals surface area contributed by atoms with Crippen LogP contribution in [0.25, 0.3) is 11.0 Å². The van der Waals surface area contributed by atoms with Crippen LogP contribution in [-0.2, 0) is 5.75 Å². The molecule has 0 spiro atoms. The maximum Gasteiger partial charge on any atom is 0.342 e. The van der Waals surface area contributed by atoms with Gasteiger partial charge in [-0.2, -0.15) is 8.78 Å². The van der Waals surface area contributed by atoms with Crippen molar-refractivity contribution in [3.63, 3.8) is 0 Å². The molecule has 0 atom stereocenters. The number of H-pyrrole nitrogens is 1. The van der Waals surface area contributed by atoms with Crippen LogP contribution in [-0.4, -0.2) is 33.4 Å². The number of nitrogens with zero attached hydrogens (tertiary/aromatic N) is 2. The van der Waals surface area contributed by atoms with Crippen molar-refractivity contribution in [2.75, 3.05) is 6.61 Å². The van der Waals surface area contributed by atoms with Crippen molar-refractivity contribution < 1.29 is 22.3 Å². The smallest absolute Gasteiger partial charge is 0.342 e. The monoisotopic (exact) mass is 385 g/mol. The molecule has 0 aliphatic rings. The summed E-state index contributed by atoms with van der Waals surface area (Å²) in [5.41, 5.74) is 2.30. The Morgan fingerprint density at radius 1 is 1.15 bits per heavy atom. The molecule has 2 aromatic heterocycles. The van der Waals surface area contributed by atoms with Gasteiger partial charge in [-0.1, -0.05) is 23.9 Å². The van der Waals surface area contributed by atoms with E-state index in [4.69, 9.17) is 4.74 Å². The summed E-state index contributed by atoms with van der Waals surface area (Å²) in [6, 6.07) is 10.4. The number of ether oxygens (including phenoxy) is 1. The van der Waals surface area contributed by atoms with Crippen LogP contribution in [0.4, 0.5) is 17.6 Å². The normalized spacial score (nSPS) is 12.5. The van der Waals surface area contributed by atoms with E-state index in [-0.39, 0.29) is 12.7 Å². The van der Waals surface area contributed by atoms with Crippen LogP contribution < -0.4 is 4.74 Å². The van der Waals surface area contributed by atoms with E-state index >= 15 is 0 Å². The molecule has 9 heteroatoms. The molecular formula is C17H15F4N3OS. The fourth-order valence-corrected chi connectivity index (χ4v) is 2.85. The van der Waals surface area contributed by atoms with E-state index < -0.39 is 18.5 Å². The van der Waals surface area contributed by atoms with Crippen molar-refractivity contribution in [2.24, 2.45) is 0 Å². The number of para-hydroxylation sites is 2. The van der Waals surface area contributed by atoms with Gasteiger partial charge in [0.2, 0.25) is 0 Å². The zero-order valence-corrected chi connectivity index (χ0v) is 14.5. The summed E-state index contributed by atoms with van der Waals surface area (Å²) >= 11 is 1.38. The van der Waals surface area contributed by atoms with E-state index in [0.717, 1.165) is 11.0 Å². The minimum atomic E-state index is -4.25. The molecule has 0 aliphatic heterocycles. The van der Waals surface area contributed by atoms with Crippen LogP contribution in [0.2, 0.25) is 0 Å². The second kappa shape index (κ2) is 7.14. The topological polar surface area (TPSA) is 50.8 Å². The molecule has 3 aromatic rings. The summed E-state index contributed by atoms with van der Waals surface area (Å²) in [6.07, 6.45) is 1.38. The van der Waals surface area contributed by atoms with Gasteiger partial charge in [0.25, 0.3) is 0 Å². The van der Waals surface area contributed by atoms with Crippen molar-refractivity contribution in [1.82, 2.24) is 15.0 Å². The Morgan fingerprint density at radius 3 is 2.65 bits per heavy atom. The van der Waals surface area contributed by atoms with Crippen LogP contribution in [0, 0.1) is 0 Å².